The number of esters is 2. The number of hydrogen-bond acceptors (Lipinski definition) is 8. The minimum atomic E-state index is -1.64. The molecule has 0 aliphatic heterocycles. The van der Waals surface area contributed by atoms with Crippen molar-refractivity contribution in [2.75, 3.05) is 47.5 Å². The van der Waals surface area contributed by atoms with Crippen LogP contribution in [0.3, 0.4) is 0 Å². The molecule has 77 heavy (non-hydrogen) atoms. The van der Waals surface area contributed by atoms with Gasteiger partial charge in [0.25, 0.3) is 0 Å². The third-order valence-corrected chi connectivity index (χ3v) is 12.7. The number of ether oxygens (including phenoxy) is 4. The molecule has 0 fully saturated rings. The van der Waals surface area contributed by atoms with E-state index in [1.165, 1.54) is 103 Å². The van der Waals surface area contributed by atoms with Crippen molar-refractivity contribution < 1.29 is 42.9 Å². The monoisotopic (exact) mass is 1070 g/mol. The van der Waals surface area contributed by atoms with Crippen LogP contribution in [-0.2, 0) is 33.3 Å². The van der Waals surface area contributed by atoms with Gasteiger partial charge in [-0.1, -0.05) is 232 Å². The molecule has 0 saturated carbocycles. The molecule has 0 N–H and O–H groups in total. The molecule has 0 spiro atoms. The first-order valence-electron chi connectivity index (χ1n) is 30.7. The van der Waals surface area contributed by atoms with Crippen molar-refractivity contribution >= 4 is 17.9 Å². The molecule has 2 atom stereocenters. The van der Waals surface area contributed by atoms with Crippen molar-refractivity contribution in [1.82, 2.24) is 0 Å². The summed E-state index contributed by atoms with van der Waals surface area (Å²) in [7, 11) is 5.90. The summed E-state index contributed by atoms with van der Waals surface area (Å²) in [6, 6.07) is 0. The summed E-state index contributed by atoms with van der Waals surface area (Å²) in [4.78, 5) is 37.3. The third kappa shape index (κ3) is 59.2. The summed E-state index contributed by atoms with van der Waals surface area (Å²) in [5, 5.41) is 11.8. The minimum absolute atomic E-state index is 0.134. The summed E-state index contributed by atoms with van der Waals surface area (Å²) in [6.45, 7) is 4.59. The van der Waals surface area contributed by atoms with Crippen LogP contribution in [0.15, 0.2) is 122 Å². The summed E-state index contributed by atoms with van der Waals surface area (Å²) >= 11 is 0. The van der Waals surface area contributed by atoms with E-state index in [2.05, 4.69) is 135 Å². The zero-order valence-corrected chi connectivity index (χ0v) is 49.8. The summed E-state index contributed by atoms with van der Waals surface area (Å²) in [5.41, 5.74) is 0. The number of carbonyl (C=O) groups is 3. The molecule has 2 unspecified atom stereocenters. The molecule has 0 saturated heterocycles. The smallest absolute Gasteiger partial charge is 0.306 e. The largest absolute Gasteiger partial charge is 0.545 e. The molecule has 0 heterocycles. The van der Waals surface area contributed by atoms with Gasteiger partial charge in [0.1, 0.15) is 13.2 Å². The topological polar surface area (TPSA) is 111 Å². The lowest BCUT2D eigenvalue weighted by Crippen LogP contribution is -2.44. The molecule has 0 radical (unpaired) electrons. The van der Waals surface area contributed by atoms with Crippen LogP contribution in [0.5, 0.6) is 0 Å². The lowest BCUT2D eigenvalue weighted by atomic mass is 10.1. The first-order chi connectivity index (χ1) is 37.6. The van der Waals surface area contributed by atoms with Crippen molar-refractivity contribution in [2.45, 2.75) is 245 Å². The number of likely N-dealkylation sites (N-methyl/N-ethyl adjacent to an activating group) is 1. The van der Waals surface area contributed by atoms with Crippen LogP contribution in [0.2, 0.25) is 0 Å². The van der Waals surface area contributed by atoms with E-state index in [0.29, 0.717) is 17.4 Å². The molecule has 0 aromatic carbocycles. The third-order valence-electron chi connectivity index (χ3n) is 12.7. The molecule has 438 valence electrons. The van der Waals surface area contributed by atoms with Crippen molar-refractivity contribution in [3.63, 3.8) is 0 Å². The van der Waals surface area contributed by atoms with Gasteiger partial charge in [-0.2, -0.15) is 0 Å². The summed E-state index contributed by atoms with van der Waals surface area (Å²) in [6.07, 6.45) is 78.2. The Kier molecular flexibility index (Phi) is 54.6. The van der Waals surface area contributed by atoms with E-state index >= 15 is 0 Å². The average molecular weight is 1070 g/mol. The first kappa shape index (κ1) is 72.7. The van der Waals surface area contributed by atoms with Gasteiger partial charge in [0.2, 0.25) is 0 Å². The normalized spacial score (nSPS) is 13.6. The van der Waals surface area contributed by atoms with Crippen LogP contribution in [0.1, 0.15) is 232 Å². The Balaban J connectivity index is 4.34. The van der Waals surface area contributed by atoms with E-state index in [1.54, 1.807) is 0 Å². The number of carboxylic acid groups (broad SMARTS) is 1. The van der Waals surface area contributed by atoms with Crippen molar-refractivity contribution in [3.8, 4) is 0 Å². The van der Waals surface area contributed by atoms with Gasteiger partial charge in [0.15, 0.2) is 12.4 Å². The second kappa shape index (κ2) is 57.9. The van der Waals surface area contributed by atoms with Gasteiger partial charge in [-0.25, -0.2) is 0 Å². The lowest BCUT2D eigenvalue weighted by molar-refractivity contribution is -0.870. The SMILES string of the molecule is CC/C=C\C/C=C\C/C=C\C/C=C\C/C=C\C/C=C\C/C=C\C/C=C\C/C=C\CCCCCC(=O)OC(COC(=O)CCCCCCCCCCC/C=C\CCCCCCCCCC)COC(OCC[N+](C)(C)C)C(=O)[O-]. The van der Waals surface area contributed by atoms with Crippen LogP contribution in [0.25, 0.3) is 0 Å². The molecular weight excluding hydrogens is 959 g/mol. The standard InChI is InChI=1S/C68H113NO8/c1-6-8-10-12-14-16-18-20-22-24-26-28-29-30-31-32-33-34-35-36-37-39-41-43-45-47-49-51-53-55-57-59-66(71)77-64(63-76-68(67(72)73)74-61-60-69(3,4)5)62-75-65(70)58-56-54-52-50-48-46-44-42-40-38-27-25-23-21-19-17-15-13-11-9-7-2/h8,10,14,16,20,22,25-28,30-31,33-34,36-37,41,43,47,49,64,68H,6-7,9,11-13,15,17-19,21,23-24,29,32,35,38-40,42,44-46,48,50-63H2,1-5H3/b10-8-,16-14-,22-20-,27-25-,28-26-,31-30-,34-33-,37-36-,43-41-,49-47-. The Morgan fingerprint density at radius 2 is 0.740 bits per heavy atom. The number of quaternary nitrogens is 1. The number of allylic oxidation sites excluding steroid dienone is 20. The molecule has 0 aromatic heterocycles. The molecule has 0 aliphatic carbocycles. The molecule has 9 heteroatoms. The predicted molar refractivity (Wildman–Crippen MR) is 324 cm³/mol. The maximum Gasteiger partial charge on any atom is 0.306 e. The summed E-state index contributed by atoms with van der Waals surface area (Å²) < 4.78 is 22.7. The van der Waals surface area contributed by atoms with Crippen LogP contribution in [-0.4, -0.2) is 82.3 Å². The second-order valence-electron chi connectivity index (χ2n) is 21.3. The Hall–Kier alpha value is -4.31. The number of aliphatic carboxylic acids is 1. The van der Waals surface area contributed by atoms with E-state index in [4.69, 9.17) is 18.9 Å². The Bertz CT molecular complexity index is 1670. The molecule has 0 aromatic rings. The van der Waals surface area contributed by atoms with Gasteiger partial charge in [-0.15, -0.1) is 0 Å². The van der Waals surface area contributed by atoms with Crippen LogP contribution >= 0.6 is 0 Å². The highest BCUT2D eigenvalue weighted by Gasteiger charge is 2.22. The maximum atomic E-state index is 12.9. The quantitative estimate of drug-likeness (QED) is 0.0195. The molecule has 0 bridgehead atoms. The summed E-state index contributed by atoms with van der Waals surface area (Å²) in [5.74, 6) is -2.34. The number of unbranched alkanes of at least 4 members (excludes halogenated alkanes) is 20. The molecule has 0 amide bonds. The van der Waals surface area contributed by atoms with E-state index in [-0.39, 0.29) is 38.6 Å². The zero-order valence-electron chi connectivity index (χ0n) is 49.8. The molecule has 0 rings (SSSR count). The van der Waals surface area contributed by atoms with Crippen molar-refractivity contribution in [1.29, 1.82) is 0 Å². The van der Waals surface area contributed by atoms with Gasteiger partial charge >= 0.3 is 11.9 Å². The van der Waals surface area contributed by atoms with Crippen LogP contribution in [0, 0.1) is 0 Å². The maximum absolute atomic E-state index is 12.9. The van der Waals surface area contributed by atoms with Crippen LogP contribution < -0.4 is 5.11 Å². The fraction of sp³-hybridized carbons (Fsp3) is 0.662. The van der Waals surface area contributed by atoms with Gasteiger partial charge in [-0.3, -0.25) is 9.59 Å². The van der Waals surface area contributed by atoms with Crippen molar-refractivity contribution in [2.24, 2.45) is 0 Å². The number of carbonyl (C=O) groups excluding carboxylic acids is 3. The highest BCUT2D eigenvalue weighted by molar-refractivity contribution is 5.70. The number of rotatable bonds is 55. The van der Waals surface area contributed by atoms with Crippen molar-refractivity contribution in [3.05, 3.63) is 122 Å². The van der Waals surface area contributed by atoms with E-state index in [1.807, 2.05) is 21.1 Å². The van der Waals surface area contributed by atoms with E-state index < -0.39 is 24.3 Å². The molecule has 9 nitrogen and oxygen atoms in total. The predicted octanol–water partition coefficient (Wildman–Crippen LogP) is 17.1. The minimum Gasteiger partial charge on any atom is -0.545 e. The van der Waals surface area contributed by atoms with Gasteiger partial charge in [0.05, 0.1) is 40.3 Å². The fourth-order valence-electron chi connectivity index (χ4n) is 7.99. The highest BCUT2D eigenvalue weighted by Crippen LogP contribution is 2.15. The van der Waals surface area contributed by atoms with Crippen LogP contribution in [0.4, 0.5) is 0 Å². The Labute approximate surface area is 472 Å². The fourth-order valence-corrected chi connectivity index (χ4v) is 7.99. The zero-order chi connectivity index (χ0) is 56.2. The van der Waals surface area contributed by atoms with E-state index in [0.717, 1.165) is 96.3 Å². The Morgan fingerprint density at radius 3 is 1.13 bits per heavy atom. The van der Waals surface area contributed by atoms with E-state index in [9.17, 15) is 19.5 Å². The van der Waals surface area contributed by atoms with Gasteiger partial charge in [-0.05, 0) is 109 Å². The Morgan fingerprint density at radius 1 is 0.403 bits per heavy atom. The van der Waals surface area contributed by atoms with Gasteiger partial charge in [0, 0.05) is 12.8 Å². The molecule has 0 aliphatic rings. The van der Waals surface area contributed by atoms with Gasteiger partial charge < -0.3 is 33.3 Å². The average Bonchev–Trinajstić information content (AvgIpc) is 3.40. The molecular formula is C68H113NO8. The second-order valence-corrected chi connectivity index (χ2v) is 21.3. The number of carboxylic acids is 1. The highest BCUT2D eigenvalue weighted by atomic mass is 16.7. The first-order valence-corrected chi connectivity index (χ1v) is 30.7. The lowest BCUT2D eigenvalue weighted by Gasteiger charge is -2.26. The number of hydrogen-bond donors (Lipinski definition) is 0. The number of nitrogens with zero attached hydrogens (tertiary/aromatic N) is 1.